The third-order valence-electron chi connectivity index (χ3n) is 2.43. The predicted molar refractivity (Wildman–Crippen MR) is 67.8 cm³/mol. The Hall–Kier alpha value is -1.32. The van der Waals surface area contributed by atoms with Gasteiger partial charge >= 0.3 is 5.97 Å². The van der Waals surface area contributed by atoms with Gasteiger partial charge in [-0.1, -0.05) is 23.2 Å². The second-order valence-corrected chi connectivity index (χ2v) is 4.41. The zero-order valence-corrected chi connectivity index (χ0v) is 10.8. The van der Waals surface area contributed by atoms with Crippen LogP contribution < -0.4 is 0 Å². The first-order chi connectivity index (χ1) is 8.02. The minimum Gasteiger partial charge on any atom is -0.464 e. The molecule has 0 spiro atoms. The topological polar surface area (TPSA) is 39.2 Å². The third kappa shape index (κ3) is 2.21. The Labute approximate surface area is 108 Å². The maximum absolute atomic E-state index is 11.4. The zero-order chi connectivity index (χ0) is 12.6. The van der Waals surface area contributed by atoms with Crippen molar-refractivity contribution in [1.82, 2.24) is 4.98 Å². The van der Waals surface area contributed by atoms with Gasteiger partial charge in [-0.15, -0.1) is 0 Å². The molecule has 1 heterocycles. The number of fused-ring (bicyclic) bond motifs is 1. The molecule has 0 atom stereocenters. The summed E-state index contributed by atoms with van der Waals surface area (Å²) in [5.41, 5.74) is 1.66. The SMILES string of the molecule is COC(=O)c1cc(Cl)c2cc(C)c(Cl)cc2n1. The lowest BCUT2D eigenvalue weighted by Gasteiger charge is -2.06. The number of aromatic nitrogens is 1. The molecule has 0 bridgehead atoms. The van der Waals surface area contributed by atoms with Gasteiger partial charge in [0.15, 0.2) is 5.69 Å². The van der Waals surface area contributed by atoms with Crippen LogP contribution in [-0.4, -0.2) is 18.1 Å². The average Bonchev–Trinajstić information content (AvgIpc) is 2.30. The van der Waals surface area contributed by atoms with Gasteiger partial charge < -0.3 is 4.74 Å². The van der Waals surface area contributed by atoms with E-state index in [9.17, 15) is 4.79 Å². The normalized spacial score (nSPS) is 10.6. The van der Waals surface area contributed by atoms with Crippen LogP contribution in [0.1, 0.15) is 16.1 Å². The Balaban J connectivity index is 2.73. The molecule has 3 nitrogen and oxygen atoms in total. The number of ether oxygens (including phenoxy) is 1. The van der Waals surface area contributed by atoms with Gasteiger partial charge in [-0.2, -0.15) is 0 Å². The largest absolute Gasteiger partial charge is 0.464 e. The van der Waals surface area contributed by atoms with Gasteiger partial charge in [0.1, 0.15) is 0 Å². The standard InChI is InChI=1S/C12H9Cl2NO2/c1-6-3-7-9(14)5-11(12(16)17-2)15-10(7)4-8(6)13/h3-5H,1-2H3. The van der Waals surface area contributed by atoms with E-state index in [0.29, 0.717) is 15.6 Å². The molecule has 0 aliphatic rings. The van der Waals surface area contributed by atoms with E-state index in [4.69, 9.17) is 23.2 Å². The van der Waals surface area contributed by atoms with Crippen LogP contribution in [0.5, 0.6) is 0 Å². The molecule has 2 aromatic rings. The summed E-state index contributed by atoms with van der Waals surface area (Å²) in [5, 5.41) is 1.81. The second kappa shape index (κ2) is 4.51. The van der Waals surface area contributed by atoms with Crippen LogP contribution in [0.25, 0.3) is 10.9 Å². The van der Waals surface area contributed by atoms with Gasteiger partial charge in [0.05, 0.1) is 17.6 Å². The highest BCUT2D eigenvalue weighted by atomic mass is 35.5. The summed E-state index contributed by atoms with van der Waals surface area (Å²) >= 11 is 12.1. The molecule has 0 N–H and O–H groups in total. The molecule has 0 aliphatic carbocycles. The zero-order valence-electron chi connectivity index (χ0n) is 9.25. The van der Waals surface area contributed by atoms with Gasteiger partial charge in [0.25, 0.3) is 0 Å². The first-order valence-electron chi connectivity index (χ1n) is 4.87. The molecule has 0 radical (unpaired) electrons. The highest BCUT2D eigenvalue weighted by Gasteiger charge is 2.12. The van der Waals surface area contributed by atoms with Crippen molar-refractivity contribution in [2.45, 2.75) is 6.92 Å². The summed E-state index contributed by atoms with van der Waals surface area (Å²) < 4.78 is 4.60. The van der Waals surface area contributed by atoms with Crippen LogP contribution in [0.3, 0.4) is 0 Å². The fourth-order valence-corrected chi connectivity index (χ4v) is 1.94. The van der Waals surface area contributed by atoms with E-state index in [-0.39, 0.29) is 5.69 Å². The maximum atomic E-state index is 11.4. The number of esters is 1. The van der Waals surface area contributed by atoms with Crippen molar-refractivity contribution in [2.24, 2.45) is 0 Å². The molecule has 0 amide bonds. The Kier molecular flexibility index (Phi) is 3.22. The van der Waals surface area contributed by atoms with Crippen molar-refractivity contribution in [1.29, 1.82) is 0 Å². The number of hydrogen-bond acceptors (Lipinski definition) is 3. The second-order valence-electron chi connectivity index (χ2n) is 3.60. The molecule has 0 unspecified atom stereocenters. The van der Waals surface area contributed by atoms with E-state index in [1.165, 1.54) is 13.2 Å². The number of aryl methyl sites for hydroxylation is 1. The quantitative estimate of drug-likeness (QED) is 0.742. The van der Waals surface area contributed by atoms with E-state index in [1.807, 2.05) is 13.0 Å². The molecular weight excluding hydrogens is 261 g/mol. The van der Waals surface area contributed by atoms with Gasteiger partial charge in [0, 0.05) is 10.4 Å². The number of pyridine rings is 1. The van der Waals surface area contributed by atoms with Crippen molar-refractivity contribution in [3.8, 4) is 0 Å². The van der Waals surface area contributed by atoms with Crippen LogP contribution in [0.4, 0.5) is 0 Å². The van der Waals surface area contributed by atoms with Gasteiger partial charge in [-0.3, -0.25) is 0 Å². The lowest BCUT2D eigenvalue weighted by atomic mass is 10.1. The Morgan fingerprint density at radius 1 is 1.24 bits per heavy atom. The monoisotopic (exact) mass is 269 g/mol. The third-order valence-corrected chi connectivity index (χ3v) is 3.15. The molecule has 0 saturated heterocycles. The summed E-state index contributed by atoms with van der Waals surface area (Å²) in [5.74, 6) is -0.523. The number of carbonyl (C=O) groups is 1. The van der Waals surface area contributed by atoms with Crippen molar-refractivity contribution in [2.75, 3.05) is 7.11 Å². The Morgan fingerprint density at radius 2 is 1.94 bits per heavy atom. The maximum Gasteiger partial charge on any atom is 0.356 e. The molecule has 1 aromatic carbocycles. The first kappa shape index (κ1) is 12.1. The molecule has 2 rings (SSSR count). The summed E-state index contributed by atoms with van der Waals surface area (Å²) in [6, 6.07) is 5.02. The van der Waals surface area contributed by atoms with Crippen molar-refractivity contribution in [3.05, 3.63) is 39.5 Å². The lowest BCUT2D eigenvalue weighted by Crippen LogP contribution is -2.04. The number of carbonyl (C=O) groups excluding carboxylic acids is 1. The Morgan fingerprint density at radius 3 is 2.59 bits per heavy atom. The number of hydrogen-bond donors (Lipinski definition) is 0. The summed E-state index contributed by atoms with van der Waals surface area (Å²) in [4.78, 5) is 15.6. The fourth-order valence-electron chi connectivity index (χ4n) is 1.52. The molecule has 1 aromatic heterocycles. The van der Waals surface area contributed by atoms with Crippen molar-refractivity contribution < 1.29 is 9.53 Å². The van der Waals surface area contributed by atoms with E-state index in [2.05, 4.69) is 9.72 Å². The Bertz CT molecular complexity index is 611. The lowest BCUT2D eigenvalue weighted by molar-refractivity contribution is 0.0594. The molecule has 88 valence electrons. The molecule has 17 heavy (non-hydrogen) atoms. The highest BCUT2D eigenvalue weighted by molar-refractivity contribution is 6.36. The van der Waals surface area contributed by atoms with E-state index in [0.717, 1.165) is 10.9 Å². The van der Waals surface area contributed by atoms with Crippen LogP contribution >= 0.6 is 23.2 Å². The van der Waals surface area contributed by atoms with Crippen LogP contribution in [0, 0.1) is 6.92 Å². The van der Waals surface area contributed by atoms with Crippen LogP contribution in [0.2, 0.25) is 10.0 Å². The highest BCUT2D eigenvalue weighted by Crippen LogP contribution is 2.28. The molecule has 0 fully saturated rings. The van der Waals surface area contributed by atoms with Crippen molar-refractivity contribution in [3.63, 3.8) is 0 Å². The van der Waals surface area contributed by atoms with Gasteiger partial charge in [-0.05, 0) is 30.7 Å². The number of methoxy groups -OCH3 is 1. The van der Waals surface area contributed by atoms with E-state index in [1.54, 1.807) is 6.07 Å². The first-order valence-corrected chi connectivity index (χ1v) is 5.63. The average molecular weight is 270 g/mol. The van der Waals surface area contributed by atoms with Gasteiger partial charge in [0.2, 0.25) is 0 Å². The van der Waals surface area contributed by atoms with E-state index < -0.39 is 5.97 Å². The number of halogens is 2. The summed E-state index contributed by atoms with van der Waals surface area (Å²) in [7, 11) is 1.30. The summed E-state index contributed by atoms with van der Waals surface area (Å²) in [6.07, 6.45) is 0. The predicted octanol–water partition coefficient (Wildman–Crippen LogP) is 3.64. The molecule has 0 aliphatic heterocycles. The fraction of sp³-hybridized carbons (Fsp3) is 0.167. The number of rotatable bonds is 1. The number of nitrogens with zero attached hydrogens (tertiary/aromatic N) is 1. The molecule has 0 saturated carbocycles. The smallest absolute Gasteiger partial charge is 0.356 e. The van der Waals surface area contributed by atoms with Crippen LogP contribution in [0.15, 0.2) is 18.2 Å². The van der Waals surface area contributed by atoms with Gasteiger partial charge in [-0.25, -0.2) is 9.78 Å². The number of benzene rings is 1. The van der Waals surface area contributed by atoms with E-state index >= 15 is 0 Å². The molecule has 5 heteroatoms. The minimum absolute atomic E-state index is 0.171. The van der Waals surface area contributed by atoms with Crippen LogP contribution in [-0.2, 0) is 4.74 Å². The molecular formula is C12H9Cl2NO2. The minimum atomic E-state index is -0.523. The summed E-state index contributed by atoms with van der Waals surface area (Å²) in [6.45, 7) is 1.88. The van der Waals surface area contributed by atoms with Crippen molar-refractivity contribution >= 4 is 40.1 Å².